The zero-order chi connectivity index (χ0) is 9.90. The normalized spacial score (nSPS) is 28.0. The lowest BCUT2D eigenvalue weighted by atomic mass is 9.87. The molecule has 1 N–H and O–H groups in total. The van der Waals surface area contributed by atoms with Crippen molar-refractivity contribution in [3.63, 3.8) is 0 Å². The number of aliphatic hydroxyl groups excluding tert-OH is 1. The van der Waals surface area contributed by atoms with E-state index in [1.165, 1.54) is 12.0 Å². The minimum absolute atomic E-state index is 0.0910. The predicted molar refractivity (Wildman–Crippen MR) is 60.2 cm³/mol. The van der Waals surface area contributed by atoms with Crippen LogP contribution in [0.15, 0.2) is 11.6 Å². The third kappa shape index (κ3) is 2.50. The van der Waals surface area contributed by atoms with E-state index in [0.29, 0.717) is 4.75 Å². The minimum atomic E-state index is -0.0910. The Morgan fingerprint density at radius 1 is 1.69 bits per heavy atom. The Morgan fingerprint density at radius 3 is 2.77 bits per heavy atom. The topological polar surface area (TPSA) is 20.2 Å². The van der Waals surface area contributed by atoms with Gasteiger partial charge in [-0.25, -0.2) is 0 Å². The largest absolute Gasteiger partial charge is 0.393 e. The van der Waals surface area contributed by atoms with E-state index < -0.39 is 0 Å². The molecule has 1 aliphatic rings. The van der Waals surface area contributed by atoms with Gasteiger partial charge in [0.2, 0.25) is 0 Å². The highest BCUT2D eigenvalue weighted by Crippen LogP contribution is 2.38. The molecule has 0 radical (unpaired) electrons. The summed E-state index contributed by atoms with van der Waals surface area (Å²) in [6, 6.07) is 0. The third-order valence-electron chi connectivity index (χ3n) is 3.19. The van der Waals surface area contributed by atoms with E-state index in [1.807, 2.05) is 11.8 Å². The van der Waals surface area contributed by atoms with Crippen LogP contribution in [-0.4, -0.2) is 22.2 Å². The summed E-state index contributed by atoms with van der Waals surface area (Å²) in [5, 5.41) is 9.39. The molecule has 13 heavy (non-hydrogen) atoms. The van der Waals surface area contributed by atoms with Crippen LogP contribution in [0.4, 0.5) is 0 Å². The molecule has 76 valence electrons. The monoisotopic (exact) mass is 200 g/mol. The molecule has 0 aromatic carbocycles. The smallest absolute Gasteiger partial charge is 0.0577 e. The Bertz CT molecular complexity index is 194. The molecule has 1 aliphatic carbocycles. The van der Waals surface area contributed by atoms with E-state index >= 15 is 0 Å². The second kappa shape index (κ2) is 4.52. The summed E-state index contributed by atoms with van der Waals surface area (Å²) < 4.78 is 0.306. The predicted octanol–water partition coefficient (Wildman–Crippen LogP) is 2.99. The summed E-state index contributed by atoms with van der Waals surface area (Å²) in [4.78, 5) is 0. The molecule has 0 amide bonds. The van der Waals surface area contributed by atoms with Crippen LogP contribution >= 0.6 is 11.8 Å². The highest BCUT2D eigenvalue weighted by Gasteiger charge is 2.27. The standard InChI is InChI=1S/C11H20OS/c1-4-11(2,13-3)9-5-7-10(12)8-6-9/h5,10,12H,4,6-8H2,1-3H3. The summed E-state index contributed by atoms with van der Waals surface area (Å²) in [6.45, 7) is 4.55. The van der Waals surface area contributed by atoms with Crippen molar-refractivity contribution in [1.29, 1.82) is 0 Å². The van der Waals surface area contributed by atoms with Crippen LogP contribution < -0.4 is 0 Å². The molecule has 0 aliphatic heterocycles. The summed E-state index contributed by atoms with van der Waals surface area (Å²) in [7, 11) is 0. The lowest BCUT2D eigenvalue weighted by molar-refractivity contribution is 0.161. The first-order valence-corrected chi connectivity index (χ1v) is 6.27. The molecule has 1 rings (SSSR count). The van der Waals surface area contributed by atoms with Gasteiger partial charge in [0.1, 0.15) is 0 Å². The van der Waals surface area contributed by atoms with Gasteiger partial charge >= 0.3 is 0 Å². The van der Waals surface area contributed by atoms with Crippen LogP contribution in [0, 0.1) is 0 Å². The van der Waals surface area contributed by atoms with Gasteiger partial charge in [0.05, 0.1) is 6.10 Å². The Kier molecular flexibility index (Phi) is 3.87. The van der Waals surface area contributed by atoms with Crippen molar-refractivity contribution in [2.24, 2.45) is 0 Å². The summed E-state index contributed by atoms with van der Waals surface area (Å²) >= 11 is 1.93. The van der Waals surface area contributed by atoms with Crippen LogP contribution in [0.2, 0.25) is 0 Å². The van der Waals surface area contributed by atoms with Crippen molar-refractivity contribution in [2.75, 3.05) is 6.26 Å². The molecule has 2 atom stereocenters. The lowest BCUT2D eigenvalue weighted by Crippen LogP contribution is -2.25. The number of rotatable bonds is 3. The quantitative estimate of drug-likeness (QED) is 0.707. The zero-order valence-corrected chi connectivity index (χ0v) is 9.66. The molecule has 0 spiro atoms. The van der Waals surface area contributed by atoms with Gasteiger partial charge < -0.3 is 5.11 Å². The van der Waals surface area contributed by atoms with Gasteiger partial charge in [0.25, 0.3) is 0 Å². The van der Waals surface area contributed by atoms with Gasteiger partial charge in [-0.05, 0) is 38.9 Å². The van der Waals surface area contributed by atoms with Crippen molar-refractivity contribution < 1.29 is 5.11 Å². The van der Waals surface area contributed by atoms with Crippen molar-refractivity contribution in [2.45, 2.75) is 50.4 Å². The maximum absolute atomic E-state index is 9.39. The van der Waals surface area contributed by atoms with Crippen LogP contribution in [0.5, 0.6) is 0 Å². The van der Waals surface area contributed by atoms with E-state index in [-0.39, 0.29) is 6.10 Å². The summed E-state index contributed by atoms with van der Waals surface area (Å²) in [5.41, 5.74) is 1.54. The van der Waals surface area contributed by atoms with Crippen molar-refractivity contribution in [1.82, 2.24) is 0 Å². The number of aliphatic hydroxyl groups is 1. The molecule has 2 unspecified atom stereocenters. The zero-order valence-electron chi connectivity index (χ0n) is 8.84. The molecular formula is C11H20OS. The molecule has 2 heteroatoms. The van der Waals surface area contributed by atoms with Crippen molar-refractivity contribution >= 4 is 11.8 Å². The van der Waals surface area contributed by atoms with Crippen LogP contribution in [0.3, 0.4) is 0 Å². The summed E-state index contributed by atoms with van der Waals surface area (Å²) in [5.74, 6) is 0. The first kappa shape index (κ1) is 11.1. The van der Waals surface area contributed by atoms with E-state index in [1.54, 1.807) is 0 Å². The number of hydrogen-bond acceptors (Lipinski definition) is 2. The first-order chi connectivity index (χ1) is 6.12. The Morgan fingerprint density at radius 2 is 2.38 bits per heavy atom. The highest BCUT2D eigenvalue weighted by atomic mass is 32.2. The maximum Gasteiger partial charge on any atom is 0.0577 e. The van der Waals surface area contributed by atoms with E-state index in [0.717, 1.165) is 19.3 Å². The Labute approximate surface area is 85.6 Å². The number of thioether (sulfide) groups is 1. The number of hydrogen-bond donors (Lipinski definition) is 1. The van der Waals surface area contributed by atoms with E-state index in [9.17, 15) is 5.11 Å². The molecule has 0 heterocycles. The molecule has 0 saturated heterocycles. The second-order valence-electron chi connectivity index (χ2n) is 3.95. The van der Waals surface area contributed by atoms with Crippen molar-refractivity contribution in [3.05, 3.63) is 11.6 Å². The Hall–Kier alpha value is 0.0500. The minimum Gasteiger partial charge on any atom is -0.393 e. The highest BCUT2D eigenvalue weighted by molar-refractivity contribution is 8.00. The summed E-state index contributed by atoms with van der Waals surface area (Å²) in [6.07, 6.45) is 8.38. The first-order valence-electron chi connectivity index (χ1n) is 5.05. The van der Waals surface area contributed by atoms with Gasteiger partial charge in [-0.15, -0.1) is 0 Å². The lowest BCUT2D eigenvalue weighted by Gasteiger charge is -2.32. The van der Waals surface area contributed by atoms with Gasteiger partial charge in [-0.1, -0.05) is 18.6 Å². The van der Waals surface area contributed by atoms with E-state index in [2.05, 4.69) is 26.2 Å². The average Bonchev–Trinajstić information content (AvgIpc) is 2.18. The molecule has 0 fully saturated rings. The fourth-order valence-corrected chi connectivity index (χ4v) is 2.54. The third-order valence-corrected chi connectivity index (χ3v) is 4.64. The molecule has 0 saturated carbocycles. The Balaban J connectivity index is 2.70. The molecule has 0 aromatic rings. The van der Waals surface area contributed by atoms with Gasteiger partial charge in [-0.3, -0.25) is 0 Å². The maximum atomic E-state index is 9.39. The SMILES string of the molecule is CCC(C)(SC)C1=CCC(O)CC1. The molecule has 0 aromatic heterocycles. The fourth-order valence-electron chi connectivity index (χ4n) is 1.80. The second-order valence-corrected chi connectivity index (χ2v) is 5.26. The van der Waals surface area contributed by atoms with Crippen molar-refractivity contribution in [3.8, 4) is 0 Å². The van der Waals surface area contributed by atoms with Crippen LogP contribution in [0.1, 0.15) is 39.5 Å². The van der Waals surface area contributed by atoms with Crippen LogP contribution in [0.25, 0.3) is 0 Å². The molecular weight excluding hydrogens is 180 g/mol. The van der Waals surface area contributed by atoms with Gasteiger partial charge in [0, 0.05) is 4.75 Å². The van der Waals surface area contributed by atoms with Gasteiger partial charge in [0.15, 0.2) is 0 Å². The van der Waals surface area contributed by atoms with Gasteiger partial charge in [-0.2, -0.15) is 11.8 Å². The molecule has 1 nitrogen and oxygen atoms in total. The molecule has 0 bridgehead atoms. The van der Waals surface area contributed by atoms with Crippen LogP contribution in [-0.2, 0) is 0 Å². The van der Waals surface area contributed by atoms with E-state index in [4.69, 9.17) is 0 Å². The average molecular weight is 200 g/mol. The fraction of sp³-hybridized carbons (Fsp3) is 0.818.